The summed E-state index contributed by atoms with van der Waals surface area (Å²) < 4.78 is 14.2. The van der Waals surface area contributed by atoms with Crippen LogP contribution in [0.15, 0.2) is 18.2 Å². The number of carboxylic acid groups (broad SMARTS) is 1. The maximum atomic E-state index is 14.2. The van der Waals surface area contributed by atoms with E-state index in [0.29, 0.717) is 29.0 Å². The van der Waals surface area contributed by atoms with Crippen LogP contribution in [0.3, 0.4) is 0 Å². The lowest BCUT2D eigenvalue weighted by molar-refractivity contribution is 0.102. The molecule has 27 heavy (non-hydrogen) atoms. The van der Waals surface area contributed by atoms with Gasteiger partial charge in [0.25, 0.3) is 5.91 Å². The fourth-order valence-corrected chi connectivity index (χ4v) is 3.86. The quantitative estimate of drug-likeness (QED) is 0.787. The number of hydrogen-bond donors (Lipinski definition) is 2. The van der Waals surface area contributed by atoms with Crippen LogP contribution < -0.4 is 5.32 Å². The summed E-state index contributed by atoms with van der Waals surface area (Å²) in [5, 5.41) is 20.7. The number of halogens is 1. The SMILES string of the molecule is Cc1nnc(NC(=O)c2cc([C@@H]3C[C@H]3N(CC3CC3)C(=O)O)ccc2F)s1. The van der Waals surface area contributed by atoms with Crippen molar-refractivity contribution in [3.8, 4) is 0 Å². The van der Waals surface area contributed by atoms with Crippen LogP contribution in [0.4, 0.5) is 14.3 Å². The van der Waals surface area contributed by atoms with Gasteiger partial charge in [-0.15, -0.1) is 10.2 Å². The summed E-state index contributed by atoms with van der Waals surface area (Å²) in [6.45, 7) is 2.32. The Balaban J connectivity index is 1.49. The average Bonchev–Trinajstić information content (AvgIpc) is 3.53. The zero-order valence-corrected chi connectivity index (χ0v) is 15.5. The van der Waals surface area contributed by atoms with Crippen molar-refractivity contribution in [3.63, 3.8) is 0 Å². The lowest BCUT2D eigenvalue weighted by atomic mass is 10.1. The molecule has 2 fully saturated rings. The second-order valence-electron chi connectivity index (χ2n) is 7.11. The first-order valence-corrected chi connectivity index (χ1v) is 9.64. The summed E-state index contributed by atoms with van der Waals surface area (Å²) in [6.07, 6.45) is 1.93. The molecule has 142 valence electrons. The summed E-state index contributed by atoms with van der Waals surface area (Å²) in [6, 6.07) is 4.30. The molecule has 0 aliphatic heterocycles. The second-order valence-corrected chi connectivity index (χ2v) is 8.29. The average molecular weight is 390 g/mol. The van der Waals surface area contributed by atoms with E-state index in [9.17, 15) is 19.1 Å². The van der Waals surface area contributed by atoms with E-state index in [2.05, 4.69) is 15.5 Å². The van der Waals surface area contributed by atoms with Crippen molar-refractivity contribution in [2.24, 2.45) is 5.92 Å². The first kappa shape index (κ1) is 17.8. The standard InChI is InChI=1S/C18H19FN4O3S/c1-9-21-22-17(27-9)20-16(24)13-6-11(4-5-14(13)19)12-7-15(12)23(18(25)26)8-10-2-3-10/h4-6,10,12,15H,2-3,7-8H2,1H3,(H,25,26)(H,20,22,24)/t12-,15+/m0/s1. The fourth-order valence-electron chi connectivity index (χ4n) is 3.28. The topological polar surface area (TPSA) is 95.4 Å². The fraction of sp³-hybridized carbons (Fsp3) is 0.444. The van der Waals surface area contributed by atoms with Crippen LogP contribution in [0.5, 0.6) is 0 Å². The molecule has 2 amide bonds. The summed E-state index contributed by atoms with van der Waals surface area (Å²) >= 11 is 1.21. The van der Waals surface area contributed by atoms with Crippen molar-refractivity contribution < 1.29 is 19.1 Å². The molecule has 2 aliphatic rings. The minimum Gasteiger partial charge on any atom is -0.465 e. The van der Waals surface area contributed by atoms with E-state index in [4.69, 9.17) is 0 Å². The number of nitrogens with one attached hydrogen (secondary N) is 1. The van der Waals surface area contributed by atoms with Crippen LogP contribution in [0.1, 0.15) is 46.1 Å². The first-order chi connectivity index (χ1) is 12.9. The molecular formula is C18H19FN4O3S. The zero-order chi connectivity index (χ0) is 19.1. The summed E-state index contributed by atoms with van der Waals surface area (Å²) in [7, 11) is 0. The first-order valence-electron chi connectivity index (χ1n) is 8.83. The molecular weight excluding hydrogens is 371 g/mol. The molecule has 0 radical (unpaired) electrons. The van der Waals surface area contributed by atoms with Gasteiger partial charge in [-0.05, 0) is 49.8 Å². The molecule has 2 aliphatic carbocycles. The molecule has 4 rings (SSSR count). The van der Waals surface area contributed by atoms with Gasteiger partial charge in [0, 0.05) is 18.5 Å². The van der Waals surface area contributed by atoms with E-state index in [1.165, 1.54) is 28.4 Å². The highest BCUT2D eigenvalue weighted by atomic mass is 32.1. The summed E-state index contributed by atoms with van der Waals surface area (Å²) in [5.41, 5.74) is 0.706. The third-order valence-electron chi connectivity index (χ3n) is 4.96. The van der Waals surface area contributed by atoms with Crippen LogP contribution in [-0.2, 0) is 0 Å². The normalized spacial score (nSPS) is 21.0. The molecule has 1 aromatic heterocycles. The number of rotatable bonds is 6. The third kappa shape index (κ3) is 3.92. The van der Waals surface area contributed by atoms with Crippen molar-refractivity contribution in [1.29, 1.82) is 0 Å². The predicted octanol–water partition coefficient (Wildman–Crippen LogP) is 3.48. The van der Waals surface area contributed by atoms with Crippen molar-refractivity contribution in [2.75, 3.05) is 11.9 Å². The van der Waals surface area contributed by atoms with Gasteiger partial charge in [-0.3, -0.25) is 10.1 Å². The van der Waals surface area contributed by atoms with E-state index in [0.717, 1.165) is 18.4 Å². The monoisotopic (exact) mass is 390 g/mol. The Morgan fingerprint density at radius 1 is 1.37 bits per heavy atom. The summed E-state index contributed by atoms with van der Waals surface area (Å²) in [4.78, 5) is 25.4. The highest BCUT2D eigenvalue weighted by Crippen LogP contribution is 2.46. The number of amides is 2. The Hall–Kier alpha value is -2.55. The Morgan fingerprint density at radius 3 is 2.78 bits per heavy atom. The minimum atomic E-state index is -0.916. The number of nitrogens with zero attached hydrogens (tertiary/aromatic N) is 3. The Labute approximate surface area is 159 Å². The molecule has 2 atom stereocenters. The van der Waals surface area contributed by atoms with Crippen LogP contribution in [0.2, 0.25) is 0 Å². The lowest BCUT2D eigenvalue weighted by Gasteiger charge is -2.19. The van der Waals surface area contributed by atoms with Gasteiger partial charge < -0.3 is 10.0 Å². The zero-order valence-electron chi connectivity index (χ0n) is 14.7. The van der Waals surface area contributed by atoms with Gasteiger partial charge in [-0.25, -0.2) is 9.18 Å². The van der Waals surface area contributed by atoms with Crippen LogP contribution in [0, 0.1) is 18.7 Å². The van der Waals surface area contributed by atoms with Crippen LogP contribution >= 0.6 is 11.3 Å². The van der Waals surface area contributed by atoms with Crippen molar-refractivity contribution in [2.45, 2.75) is 38.1 Å². The number of anilines is 1. The Bertz CT molecular complexity index is 898. The molecule has 7 nitrogen and oxygen atoms in total. The minimum absolute atomic E-state index is 0.00391. The molecule has 9 heteroatoms. The van der Waals surface area contributed by atoms with Crippen molar-refractivity contribution in [3.05, 3.63) is 40.2 Å². The lowest BCUT2D eigenvalue weighted by Crippen LogP contribution is -2.34. The van der Waals surface area contributed by atoms with Gasteiger partial charge in [-0.2, -0.15) is 0 Å². The highest BCUT2D eigenvalue weighted by Gasteiger charge is 2.46. The number of hydrogen-bond acceptors (Lipinski definition) is 5. The molecule has 2 saturated carbocycles. The van der Waals surface area contributed by atoms with Gasteiger partial charge >= 0.3 is 6.09 Å². The third-order valence-corrected chi connectivity index (χ3v) is 5.72. The molecule has 0 saturated heterocycles. The largest absolute Gasteiger partial charge is 0.465 e. The molecule has 0 unspecified atom stereocenters. The molecule has 0 bridgehead atoms. The maximum absolute atomic E-state index is 14.2. The van der Waals surface area contributed by atoms with Crippen molar-refractivity contribution in [1.82, 2.24) is 15.1 Å². The van der Waals surface area contributed by atoms with Crippen molar-refractivity contribution >= 4 is 28.5 Å². The van der Waals surface area contributed by atoms with E-state index in [1.807, 2.05) is 0 Å². The van der Waals surface area contributed by atoms with E-state index in [1.54, 1.807) is 13.0 Å². The van der Waals surface area contributed by atoms with Gasteiger partial charge in [0.15, 0.2) is 0 Å². The molecule has 1 heterocycles. The molecule has 0 spiro atoms. The number of benzene rings is 1. The van der Waals surface area contributed by atoms with Gasteiger partial charge in [0.2, 0.25) is 5.13 Å². The van der Waals surface area contributed by atoms with E-state index in [-0.39, 0.29) is 17.5 Å². The Kier molecular flexibility index (Phi) is 4.55. The number of carbonyl (C=O) groups is 2. The number of aryl methyl sites for hydroxylation is 1. The summed E-state index contributed by atoms with van der Waals surface area (Å²) in [5.74, 6) is -0.749. The van der Waals surface area contributed by atoms with Gasteiger partial charge in [0.1, 0.15) is 10.8 Å². The van der Waals surface area contributed by atoms with Gasteiger partial charge in [0.05, 0.1) is 5.56 Å². The van der Waals surface area contributed by atoms with Gasteiger partial charge in [-0.1, -0.05) is 17.4 Å². The highest BCUT2D eigenvalue weighted by molar-refractivity contribution is 7.15. The molecule has 2 aromatic rings. The van der Waals surface area contributed by atoms with E-state index < -0.39 is 17.8 Å². The van der Waals surface area contributed by atoms with E-state index >= 15 is 0 Å². The van der Waals surface area contributed by atoms with Crippen LogP contribution in [-0.4, -0.2) is 44.8 Å². The van der Waals surface area contributed by atoms with Crippen LogP contribution in [0.25, 0.3) is 0 Å². The number of carbonyl (C=O) groups excluding carboxylic acids is 1. The number of aromatic nitrogens is 2. The maximum Gasteiger partial charge on any atom is 0.407 e. The second kappa shape index (κ2) is 6.88. The molecule has 2 N–H and O–H groups in total. The molecule has 1 aromatic carbocycles. The predicted molar refractivity (Wildman–Crippen MR) is 97.6 cm³/mol. The smallest absolute Gasteiger partial charge is 0.407 e. The Morgan fingerprint density at radius 2 is 2.15 bits per heavy atom.